The molecule has 3 aromatic rings. The van der Waals surface area contributed by atoms with Gasteiger partial charge in [0.15, 0.2) is 0 Å². The van der Waals surface area contributed by atoms with Crippen LogP contribution >= 0.6 is 11.6 Å². The highest BCUT2D eigenvalue weighted by atomic mass is 35.5. The fraction of sp³-hybridized carbons (Fsp3) is 0.304. The SMILES string of the molecule is CCOC(=O)c1c(-c2ccc(F)cc2)oc2cc(NS(C)(=O)=O)c(C(C)N(C)C(=O)CCl)cc12. The quantitative estimate of drug-likeness (QED) is 0.352. The number of furan rings is 1. The van der Waals surface area contributed by atoms with Crippen molar-refractivity contribution in [1.82, 2.24) is 4.90 Å². The Bertz CT molecular complexity index is 1340. The molecule has 2 aromatic carbocycles. The number of carbonyl (C=O) groups excluding carboxylic acids is 2. The molecule has 11 heteroatoms. The van der Waals surface area contributed by atoms with Gasteiger partial charge < -0.3 is 14.1 Å². The Kier molecular flexibility index (Phi) is 7.52. The Morgan fingerprint density at radius 3 is 2.44 bits per heavy atom. The largest absolute Gasteiger partial charge is 0.462 e. The van der Waals surface area contributed by atoms with E-state index in [1.165, 1.54) is 42.3 Å². The Hall–Kier alpha value is -3.11. The first-order valence-corrected chi connectivity index (χ1v) is 12.7. The van der Waals surface area contributed by atoms with Crippen molar-refractivity contribution < 1.29 is 31.6 Å². The standard InChI is InChI=1S/C23H24ClFN2O6S/c1-5-32-23(29)21-17-10-16(13(2)27(3)20(28)12-24)18(26-34(4,30)31)11-19(17)33-22(21)14-6-8-15(25)9-7-14/h6-11,13,26H,5,12H2,1-4H3. The molecule has 8 nitrogen and oxygen atoms in total. The first-order valence-electron chi connectivity index (χ1n) is 10.3. The van der Waals surface area contributed by atoms with Crippen LogP contribution in [0.3, 0.4) is 0 Å². The minimum Gasteiger partial charge on any atom is -0.462 e. The second-order valence-corrected chi connectivity index (χ2v) is 9.67. The van der Waals surface area contributed by atoms with E-state index in [1.54, 1.807) is 19.9 Å². The number of alkyl halides is 1. The average Bonchev–Trinajstić information content (AvgIpc) is 3.14. The Balaban J connectivity index is 2.33. The van der Waals surface area contributed by atoms with Gasteiger partial charge in [-0.2, -0.15) is 0 Å². The summed E-state index contributed by atoms with van der Waals surface area (Å²) in [5.41, 5.74) is 1.33. The highest BCUT2D eigenvalue weighted by molar-refractivity contribution is 7.92. The molecular weight excluding hydrogens is 487 g/mol. The van der Waals surface area contributed by atoms with Gasteiger partial charge >= 0.3 is 5.97 Å². The number of rotatable bonds is 8. The molecule has 3 rings (SSSR count). The Labute approximate surface area is 201 Å². The molecule has 0 spiro atoms. The van der Waals surface area contributed by atoms with Crippen LogP contribution in [0.5, 0.6) is 0 Å². The summed E-state index contributed by atoms with van der Waals surface area (Å²) in [5, 5.41) is 0.352. The fourth-order valence-electron chi connectivity index (χ4n) is 3.52. The number of hydrogen-bond donors (Lipinski definition) is 1. The van der Waals surface area contributed by atoms with E-state index < -0.39 is 27.9 Å². The lowest BCUT2D eigenvalue weighted by Crippen LogP contribution is -2.31. The number of nitrogens with zero attached hydrogens (tertiary/aromatic N) is 1. The predicted molar refractivity (Wildman–Crippen MR) is 128 cm³/mol. The first-order chi connectivity index (χ1) is 16.0. The normalized spacial score (nSPS) is 12.4. The van der Waals surface area contributed by atoms with Crippen molar-refractivity contribution in [2.75, 3.05) is 30.5 Å². The second-order valence-electron chi connectivity index (χ2n) is 7.66. The van der Waals surface area contributed by atoms with Gasteiger partial charge in [0.25, 0.3) is 0 Å². The molecule has 1 atom stereocenters. The van der Waals surface area contributed by atoms with E-state index in [9.17, 15) is 22.4 Å². The molecule has 1 aromatic heterocycles. The van der Waals surface area contributed by atoms with Crippen molar-refractivity contribution in [3.8, 4) is 11.3 Å². The summed E-state index contributed by atoms with van der Waals surface area (Å²) in [5.74, 6) is -1.60. The third-order valence-corrected chi connectivity index (χ3v) is 6.10. The number of halogens is 2. The summed E-state index contributed by atoms with van der Waals surface area (Å²) in [7, 11) is -2.16. The lowest BCUT2D eigenvalue weighted by molar-refractivity contribution is -0.129. The summed E-state index contributed by atoms with van der Waals surface area (Å²) >= 11 is 5.70. The molecule has 1 amide bonds. The number of ether oxygens (including phenoxy) is 1. The van der Waals surface area contributed by atoms with Gasteiger partial charge in [-0.15, -0.1) is 11.6 Å². The van der Waals surface area contributed by atoms with Crippen LogP contribution in [0.25, 0.3) is 22.3 Å². The molecule has 1 heterocycles. The van der Waals surface area contributed by atoms with E-state index in [2.05, 4.69) is 4.72 Å². The number of esters is 1. The molecule has 34 heavy (non-hydrogen) atoms. The van der Waals surface area contributed by atoms with Gasteiger partial charge in [0.1, 0.15) is 28.6 Å². The zero-order valence-corrected chi connectivity index (χ0v) is 20.6. The topological polar surface area (TPSA) is 106 Å². The van der Waals surface area contributed by atoms with Gasteiger partial charge in [0.05, 0.1) is 24.6 Å². The maximum atomic E-state index is 13.5. The van der Waals surface area contributed by atoms with Crippen molar-refractivity contribution in [1.29, 1.82) is 0 Å². The van der Waals surface area contributed by atoms with Crippen LogP contribution in [0.2, 0.25) is 0 Å². The van der Waals surface area contributed by atoms with Crippen LogP contribution in [0, 0.1) is 5.82 Å². The molecule has 0 fully saturated rings. The first kappa shape index (κ1) is 25.5. The fourth-order valence-corrected chi connectivity index (χ4v) is 4.29. The van der Waals surface area contributed by atoms with Crippen LogP contribution in [0.15, 0.2) is 40.8 Å². The van der Waals surface area contributed by atoms with Gasteiger partial charge in [0, 0.05) is 24.1 Å². The number of nitrogens with one attached hydrogen (secondary N) is 1. The van der Waals surface area contributed by atoms with Crippen LogP contribution in [-0.4, -0.2) is 51.0 Å². The Morgan fingerprint density at radius 1 is 1.24 bits per heavy atom. The summed E-state index contributed by atoms with van der Waals surface area (Å²) < 4.78 is 51.2. The third-order valence-electron chi connectivity index (χ3n) is 5.28. The van der Waals surface area contributed by atoms with Crippen molar-refractivity contribution in [3.63, 3.8) is 0 Å². The highest BCUT2D eigenvalue weighted by Gasteiger charge is 2.28. The number of sulfonamides is 1. The number of fused-ring (bicyclic) bond motifs is 1. The van der Waals surface area contributed by atoms with Crippen molar-refractivity contribution >= 4 is 50.2 Å². The molecular formula is C23H24ClFN2O6S. The van der Waals surface area contributed by atoms with Gasteiger partial charge in [-0.3, -0.25) is 9.52 Å². The zero-order valence-electron chi connectivity index (χ0n) is 19.0. The summed E-state index contributed by atoms with van der Waals surface area (Å²) in [6.45, 7) is 3.47. The summed E-state index contributed by atoms with van der Waals surface area (Å²) in [6, 6.07) is 7.79. The number of hydrogen-bond acceptors (Lipinski definition) is 6. The minimum atomic E-state index is -3.69. The molecule has 0 aliphatic rings. The average molecular weight is 511 g/mol. The Morgan fingerprint density at radius 2 is 1.88 bits per heavy atom. The van der Waals surface area contributed by atoms with Crippen LogP contribution in [-0.2, 0) is 19.6 Å². The van der Waals surface area contributed by atoms with E-state index in [-0.39, 0.29) is 41.0 Å². The second kappa shape index (κ2) is 10.0. The van der Waals surface area contributed by atoms with E-state index in [1.807, 2.05) is 0 Å². The maximum absolute atomic E-state index is 13.5. The van der Waals surface area contributed by atoms with E-state index in [4.69, 9.17) is 20.8 Å². The number of carbonyl (C=O) groups is 2. The van der Waals surface area contributed by atoms with E-state index in [0.717, 1.165) is 6.26 Å². The molecule has 0 radical (unpaired) electrons. The van der Waals surface area contributed by atoms with Crippen molar-refractivity contribution in [2.45, 2.75) is 19.9 Å². The highest BCUT2D eigenvalue weighted by Crippen LogP contribution is 2.39. The number of anilines is 1. The monoisotopic (exact) mass is 510 g/mol. The van der Waals surface area contributed by atoms with Crippen LogP contribution < -0.4 is 4.72 Å². The van der Waals surface area contributed by atoms with Gasteiger partial charge in [-0.1, -0.05) is 0 Å². The molecule has 1 N–H and O–H groups in total. The predicted octanol–water partition coefficient (Wildman–Crippen LogP) is 4.55. The number of amides is 1. The smallest absolute Gasteiger partial charge is 0.342 e. The van der Waals surface area contributed by atoms with Gasteiger partial charge in [-0.05, 0) is 49.7 Å². The van der Waals surface area contributed by atoms with Gasteiger partial charge in [0.2, 0.25) is 15.9 Å². The van der Waals surface area contributed by atoms with E-state index in [0.29, 0.717) is 16.5 Å². The van der Waals surface area contributed by atoms with Crippen LogP contribution in [0.1, 0.15) is 35.8 Å². The summed E-state index contributed by atoms with van der Waals surface area (Å²) in [4.78, 5) is 26.5. The molecule has 0 aliphatic heterocycles. The lowest BCUT2D eigenvalue weighted by atomic mass is 9.99. The third kappa shape index (κ3) is 5.34. The van der Waals surface area contributed by atoms with Gasteiger partial charge in [-0.25, -0.2) is 17.6 Å². The van der Waals surface area contributed by atoms with Crippen molar-refractivity contribution in [2.24, 2.45) is 0 Å². The summed E-state index contributed by atoms with van der Waals surface area (Å²) in [6.07, 6.45) is 0.995. The zero-order chi connectivity index (χ0) is 25.2. The molecule has 0 aliphatic carbocycles. The van der Waals surface area contributed by atoms with Crippen molar-refractivity contribution in [3.05, 3.63) is 53.3 Å². The van der Waals surface area contributed by atoms with E-state index >= 15 is 0 Å². The lowest BCUT2D eigenvalue weighted by Gasteiger charge is -2.26. The molecule has 0 saturated carbocycles. The van der Waals surface area contributed by atoms with Crippen LogP contribution in [0.4, 0.5) is 10.1 Å². The molecule has 0 saturated heterocycles. The molecule has 0 bridgehead atoms. The number of benzene rings is 2. The molecule has 182 valence electrons. The maximum Gasteiger partial charge on any atom is 0.342 e. The molecule has 1 unspecified atom stereocenters. The minimum absolute atomic E-state index is 0.106.